The van der Waals surface area contributed by atoms with Crippen molar-refractivity contribution in [3.63, 3.8) is 0 Å². The second-order valence-electron chi connectivity index (χ2n) is 9.59. The topological polar surface area (TPSA) is 86.8 Å². The number of nitrogens with zero attached hydrogens (tertiary/aromatic N) is 2. The summed E-state index contributed by atoms with van der Waals surface area (Å²) >= 11 is 12.7. The Hall–Kier alpha value is -3.07. The number of amides is 2. The van der Waals surface area contributed by atoms with Gasteiger partial charge in [-0.3, -0.25) is 13.9 Å². The maximum absolute atomic E-state index is 14.1. The van der Waals surface area contributed by atoms with Gasteiger partial charge in [0.25, 0.3) is 10.0 Å². The number of carbonyl (C=O) groups is 2. The molecule has 10 heteroatoms. The second-order valence-corrected chi connectivity index (χ2v) is 12.2. The highest BCUT2D eigenvalue weighted by Crippen LogP contribution is 2.35. The first-order valence-electron chi connectivity index (χ1n) is 13.2. The molecule has 3 aromatic rings. The van der Waals surface area contributed by atoms with E-state index in [0.29, 0.717) is 6.42 Å². The molecular weight excluding hydrogens is 569 g/mol. The summed E-state index contributed by atoms with van der Waals surface area (Å²) in [4.78, 5) is 28.9. The van der Waals surface area contributed by atoms with Crippen molar-refractivity contribution in [2.75, 3.05) is 10.8 Å². The highest BCUT2D eigenvalue weighted by molar-refractivity contribution is 7.92. The minimum Gasteiger partial charge on any atom is -0.352 e. The Balaban J connectivity index is 2.10. The standard InChI is InChI=1S/C30H35Cl2N3O4S/c1-5-22(4)33-30(37)26(6-2)34(19-23-14-11-10-13-21(23)3)28(36)20-35(27-18-12-17-25(31)29(27)32)40(38,39)24-15-8-7-9-16-24/h7-18,22,26H,5-6,19-20H2,1-4H3,(H,33,37)/t22-,26+/m1/s1. The number of anilines is 1. The van der Waals surface area contributed by atoms with E-state index in [1.807, 2.05) is 52.0 Å². The maximum atomic E-state index is 14.1. The van der Waals surface area contributed by atoms with Crippen molar-refractivity contribution in [3.8, 4) is 0 Å². The summed E-state index contributed by atoms with van der Waals surface area (Å²) in [5, 5.41) is 3.12. The molecule has 0 aliphatic heterocycles. The molecule has 7 nitrogen and oxygen atoms in total. The Bertz CT molecular complexity index is 1430. The lowest BCUT2D eigenvalue weighted by Gasteiger charge is -2.34. The first-order chi connectivity index (χ1) is 19.0. The van der Waals surface area contributed by atoms with E-state index in [1.54, 1.807) is 30.3 Å². The Morgan fingerprint density at radius 3 is 2.17 bits per heavy atom. The van der Waals surface area contributed by atoms with Crippen LogP contribution in [-0.4, -0.2) is 43.8 Å². The van der Waals surface area contributed by atoms with Gasteiger partial charge >= 0.3 is 0 Å². The molecule has 0 radical (unpaired) electrons. The van der Waals surface area contributed by atoms with Crippen molar-refractivity contribution in [1.82, 2.24) is 10.2 Å². The molecule has 2 atom stereocenters. The number of benzene rings is 3. The monoisotopic (exact) mass is 603 g/mol. The van der Waals surface area contributed by atoms with Gasteiger partial charge in [-0.15, -0.1) is 0 Å². The zero-order valence-electron chi connectivity index (χ0n) is 23.1. The molecule has 3 rings (SSSR count). The quantitative estimate of drug-likeness (QED) is 0.266. The van der Waals surface area contributed by atoms with E-state index in [-0.39, 0.29) is 39.1 Å². The number of aryl methyl sites for hydroxylation is 1. The van der Waals surface area contributed by atoms with E-state index >= 15 is 0 Å². The number of nitrogens with one attached hydrogen (secondary N) is 1. The normalized spacial score (nSPS) is 12.8. The summed E-state index contributed by atoms with van der Waals surface area (Å²) < 4.78 is 28.8. The lowest BCUT2D eigenvalue weighted by atomic mass is 10.1. The summed E-state index contributed by atoms with van der Waals surface area (Å²) in [6, 6.07) is 19.1. The van der Waals surface area contributed by atoms with Gasteiger partial charge in [0.1, 0.15) is 12.6 Å². The largest absolute Gasteiger partial charge is 0.352 e. The second kappa shape index (κ2) is 14.0. The predicted octanol–water partition coefficient (Wildman–Crippen LogP) is 6.22. The van der Waals surface area contributed by atoms with Gasteiger partial charge in [-0.25, -0.2) is 8.42 Å². The molecule has 0 saturated heterocycles. The Morgan fingerprint density at radius 1 is 0.900 bits per heavy atom. The van der Waals surface area contributed by atoms with E-state index in [2.05, 4.69) is 5.32 Å². The minimum absolute atomic E-state index is 0.00322. The zero-order valence-corrected chi connectivity index (χ0v) is 25.4. The average Bonchev–Trinajstić information content (AvgIpc) is 2.94. The zero-order chi connectivity index (χ0) is 29.4. The lowest BCUT2D eigenvalue weighted by Crippen LogP contribution is -2.53. The Labute approximate surface area is 247 Å². The molecular formula is C30H35Cl2N3O4S. The maximum Gasteiger partial charge on any atom is 0.264 e. The number of hydrogen-bond acceptors (Lipinski definition) is 4. The van der Waals surface area contributed by atoms with E-state index in [1.165, 1.54) is 23.1 Å². The summed E-state index contributed by atoms with van der Waals surface area (Å²) in [6.45, 7) is 7.15. The number of rotatable bonds is 12. The van der Waals surface area contributed by atoms with Crippen molar-refractivity contribution in [2.45, 2.75) is 64.1 Å². The average molecular weight is 605 g/mol. The van der Waals surface area contributed by atoms with Crippen LogP contribution in [0.2, 0.25) is 10.0 Å². The van der Waals surface area contributed by atoms with E-state index in [0.717, 1.165) is 21.9 Å². The van der Waals surface area contributed by atoms with Crippen LogP contribution in [0.3, 0.4) is 0 Å². The highest BCUT2D eigenvalue weighted by Gasteiger charge is 2.35. The molecule has 40 heavy (non-hydrogen) atoms. The van der Waals surface area contributed by atoms with Crippen LogP contribution in [-0.2, 0) is 26.2 Å². The van der Waals surface area contributed by atoms with Gasteiger partial charge in [-0.1, -0.05) is 85.6 Å². The summed E-state index contributed by atoms with van der Waals surface area (Å²) in [5.41, 5.74) is 1.87. The lowest BCUT2D eigenvalue weighted by molar-refractivity contribution is -0.140. The number of hydrogen-bond donors (Lipinski definition) is 1. The summed E-state index contributed by atoms with van der Waals surface area (Å²) in [7, 11) is -4.24. The van der Waals surface area contributed by atoms with E-state index < -0.39 is 28.5 Å². The van der Waals surface area contributed by atoms with Gasteiger partial charge in [-0.2, -0.15) is 0 Å². The van der Waals surface area contributed by atoms with Crippen LogP contribution in [0.25, 0.3) is 0 Å². The van der Waals surface area contributed by atoms with Crippen LogP contribution in [0.5, 0.6) is 0 Å². The minimum atomic E-state index is -4.24. The van der Waals surface area contributed by atoms with Gasteiger partial charge < -0.3 is 10.2 Å². The van der Waals surface area contributed by atoms with Crippen molar-refractivity contribution in [2.24, 2.45) is 0 Å². The molecule has 2 amide bonds. The Morgan fingerprint density at radius 2 is 1.55 bits per heavy atom. The van der Waals surface area contributed by atoms with Crippen LogP contribution in [0.15, 0.2) is 77.7 Å². The fourth-order valence-corrected chi connectivity index (χ4v) is 6.14. The fraction of sp³-hybridized carbons (Fsp3) is 0.333. The fourth-order valence-electron chi connectivity index (χ4n) is 4.25. The summed E-state index contributed by atoms with van der Waals surface area (Å²) in [5.74, 6) is -0.845. The van der Waals surface area contributed by atoms with Crippen LogP contribution >= 0.6 is 23.2 Å². The number of carbonyl (C=O) groups excluding carboxylic acids is 2. The molecule has 0 aliphatic carbocycles. The van der Waals surface area contributed by atoms with Gasteiger partial charge in [0.15, 0.2) is 0 Å². The molecule has 0 fully saturated rings. The molecule has 214 valence electrons. The third kappa shape index (κ3) is 7.36. The Kier molecular flexibility index (Phi) is 11.0. The molecule has 0 heterocycles. The summed E-state index contributed by atoms with van der Waals surface area (Å²) in [6.07, 6.45) is 1.06. The SMILES string of the molecule is CC[C@@H](C)NC(=O)[C@H](CC)N(Cc1ccccc1C)C(=O)CN(c1cccc(Cl)c1Cl)S(=O)(=O)c1ccccc1. The van der Waals surface area contributed by atoms with Gasteiger partial charge in [-0.05, 0) is 62.1 Å². The van der Waals surface area contributed by atoms with Gasteiger partial charge in [0.2, 0.25) is 11.8 Å². The predicted molar refractivity (Wildman–Crippen MR) is 161 cm³/mol. The number of sulfonamides is 1. The van der Waals surface area contributed by atoms with Crippen molar-refractivity contribution in [1.29, 1.82) is 0 Å². The molecule has 1 N–H and O–H groups in total. The molecule has 3 aromatic carbocycles. The molecule has 0 aromatic heterocycles. The highest BCUT2D eigenvalue weighted by atomic mass is 35.5. The first kappa shape index (κ1) is 31.5. The van der Waals surface area contributed by atoms with Crippen molar-refractivity contribution < 1.29 is 18.0 Å². The third-order valence-electron chi connectivity index (χ3n) is 6.80. The van der Waals surface area contributed by atoms with Crippen LogP contribution in [0.4, 0.5) is 5.69 Å². The molecule has 0 bridgehead atoms. The van der Waals surface area contributed by atoms with Crippen molar-refractivity contribution >= 4 is 50.7 Å². The number of halogens is 2. The molecule has 0 spiro atoms. The first-order valence-corrected chi connectivity index (χ1v) is 15.4. The molecule has 0 saturated carbocycles. The van der Waals surface area contributed by atoms with Crippen LogP contribution in [0.1, 0.15) is 44.7 Å². The van der Waals surface area contributed by atoms with Crippen LogP contribution < -0.4 is 9.62 Å². The smallest absolute Gasteiger partial charge is 0.264 e. The van der Waals surface area contributed by atoms with E-state index in [9.17, 15) is 18.0 Å². The van der Waals surface area contributed by atoms with Crippen LogP contribution in [0, 0.1) is 6.92 Å². The molecule has 0 unspecified atom stereocenters. The van der Waals surface area contributed by atoms with Gasteiger partial charge in [0.05, 0.1) is 20.6 Å². The van der Waals surface area contributed by atoms with E-state index in [4.69, 9.17) is 23.2 Å². The van der Waals surface area contributed by atoms with Crippen molar-refractivity contribution in [3.05, 3.63) is 94.0 Å². The molecule has 0 aliphatic rings. The third-order valence-corrected chi connectivity index (χ3v) is 9.38. The van der Waals surface area contributed by atoms with Gasteiger partial charge in [0, 0.05) is 12.6 Å².